The van der Waals surface area contributed by atoms with E-state index in [1.807, 2.05) is 36.4 Å². The normalized spacial score (nSPS) is 11.2. The maximum absolute atomic E-state index is 13.6. The lowest BCUT2D eigenvalue weighted by molar-refractivity contribution is -0.157. The molecule has 0 aliphatic heterocycles. The van der Waals surface area contributed by atoms with Crippen LogP contribution in [0.25, 0.3) is 5.57 Å². The maximum Gasteiger partial charge on any atom is 0.350 e. The van der Waals surface area contributed by atoms with E-state index in [2.05, 4.69) is 0 Å². The van der Waals surface area contributed by atoms with Gasteiger partial charge in [-0.15, -0.1) is 0 Å². The zero-order chi connectivity index (χ0) is 24.5. The van der Waals surface area contributed by atoms with Crippen LogP contribution in [0.4, 0.5) is 0 Å². The number of rotatable bonds is 9. The molecule has 0 spiro atoms. The van der Waals surface area contributed by atoms with Gasteiger partial charge in [0.2, 0.25) is 5.78 Å². The van der Waals surface area contributed by atoms with Gasteiger partial charge >= 0.3 is 11.9 Å². The predicted molar refractivity (Wildman–Crippen MR) is 127 cm³/mol. The minimum Gasteiger partial charge on any atom is -0.497 e. The average molecular weight is 456 g/mol. The maximum atomic E-state index is 13.6. The Morgan fingerprint density at radius 2 is 1.32 bits per heavy atom. The Kier molecular flexibility index (Phi) is 8.24. The summed E-state index contributed by atoms with van der Waals surface area (Å²) in [6, 6.07) is 24.6. The lowest BCUT2D eigenvalue weighted by Crippen LogP contribution is -2.23. The van der Waals surface area contributed by atoms with Crippen LogP contribution in [0.15, 0.2) is 90.5 Å². The number of allylic oxidation sites excluding steroid dienone is 1. The highest BCUT2D eigenvalue weighted by atomic mass is 16.6. The Balaban J connectivity index is 2.16. The third kappa shape index (κ3) is 6.36. The van der Waals surface area contributed by atoms with Crippen molar-refractivity contribution >= 4 is 29.1 Å². The number of ketones is 2. The van der Waals surface area contributed by atoms with Gasteiger partial charge in [-0.05, 0) is 54.3 Å². The zero-order valence-electron chi connectivity index (χ0n) is 18.9. The fourth-order valence-corrected chi connectivity index (χ4v) is 3.41. The number of hydrogen-bond donors (Lipinski definition) is 0. The van der Waals surface area contributed by atoms with Crippen LogP contribution in [0, 0.1) is 0 Å². The van der Waals surface area contributed by atoms with Crippen LogP contribution in [0.5, 0.6) is 5.75 Å². The molecule has 0 aliphatic rings. The van der Waals surface area contributed by atoms with Gasteiger partial charge < -0.3 is 9.47 Å². The van der Waals surface area contributed by atoms with Gasteiger partial charge in [0.25, 0.3) is 0 Å². The Hall–Kier alpha value is -4.32. The number of carbonyl (C=O) groups excluding carboxylic acids is 4. The van der Waals surface area contributed by atoms with Crippen molar-refractivity contribution in [1.82, 2.24) is 0 Å². The number of methoxy groups -OCH3 is 1. The van der Waals surface area contributed by atoms with Crippen molar-refractivity contribution in [1.29, 1.82) is 0 Å². The molecule has 6 heteroatoms. The summed E-state index contributed by atoms with van der Waals surface area (Å²) in [7, 11) is 1.51. The molecule has 172 valence electrons. The molecule has 3 rings (SSSR count). The van der Waals surface area contributed by atoms with Gasteiger partial charge in [0.05, 0.1) is 7.11 Å². The average Bonchev–Trinajstić information content (AvgIpc) is 2.84. The molecule has 0 aliphatic carbocycles. The number of hydrogen-bond acceptors (Lipinski definition) is 6. The van der Waals surface area contributed by atoms with Crippen LogP contribution < -0.4 is 4.74 Å². The number of ether oxygens (including phenoxy) is 2. The van der Waals surface area contributed by atoms with E-state index >= 15 is 0 Å². The standard InChI is InChI=1S/C28H24O6/c1-19(29)17-25(30)34-28(32)26(27(31)22-13-15-23(33-2)16-14-22)24(21-11-7-4-8-12-21)18-20-9-5-3-6-10-20/h3-16H,17-18H2,1-2H3/b26-24-. The summed E-state index contributed by atoms with van der Waals surface area (Å²) in [4.78, 5) is 50.3. The molecule has 0 radical (unpaired) electrons. The van der Waals surface area contributed by atoms with E-state index in [1.165, 1.54) is 26.2 Å². The van der Waals surface area contributed by atoms with Crippen LogP contribution >= 0.6 is 0 Å². The van der Waals surface area contributed by atoms with Crippen molar-refractivity contribution in [2.24, 2.45) is 0 Å². The molecule has 3 aromatic carbocycles. The van der Waals surface area contributed by atoms with Gasteiger partial charge in [-0.2, -0.15) is 0 Å². The van der Waals surface area contributed by atoms with E-state index in [-0.39, 0.29) is 17.6 Å². The van der Waals surface area contributed by atoms with Crippen LogP contribution in [-0.4, -0.2) is 30.6 Å². The van der Waals surface area contributed by atoms with Crippen LogP contribution in [0.2, 0.25) is 0 Å². The van der Waals surface area contributed by atoms with Crippen LogP contribution in [0.3, 0.4) is 0 Å². The second-order valence-electron chi connectivity index (χ2n) is 7.58. The number of Topliss-reactive ketones (excluding diaryl/α,β-unsaturated/α-hetero) is 2. The summed E-state index contributed by atoms with van der Waals surface area (Å²) in [5.74, 6) is -2.60. The largest absolute Gasteiger partial charge is 0.497 e. The molecular formula is C28H24O6. The minimum atomic E-state index is -1.10. The number of carbonyl (C=O) groups is 4. The van der Waals surface area contributed by atoms with Crippen molar-refractivity contribution in [2.45, 2.75) is 19.8 Å². The minimum absolute atomic E-state index is 0.230. The fraction of sp³-hybridized carbons (Fsp3) is 0.143. The van der Waals surface area contributed by atoms with E-state index in [4.69, 9.17) is 9.47 Å². The molecule has 0 atom stereocenters. The fourth-order valence-electron chi connectivity index (χ4n) is 3.41. The van der Waals surface area contributed by atoms with E-state index < -0.39 is 29.9 Å². The molecular weight excluding hydrogens is 432 g/mol. The van der Waals surface area contributed by atoms with Gasteiger partial charge in [-0.1, -0.05) is 60.7 Å². The first-order valence-electron chi connectivity index (χ1n) is 10.6. The summed E-state index contributed by atoms with van der Waals surface area (Å²) in [5.41, 5.74) is 1.88. The molecule has 0 saturated heterocycles. The van der Waals surface area contributed by atoms with E-state index in [1.54, 1.807) is 36.4 Å². The summed E-state index contributed by atoms with van der Waals surface area (Å²) in [6.45, 7) is 1.22. The third-order valence-electron chi connectivity index (χ3n) is 5.03. The molecule has 0 aromatic heterocycles. The first kappa shape index (κ1) is 24.3. The topological polar surface area (TPSA) is 86.7 Å². The highest BCUT2D eigenvalue weighted by molar-refractivity contribution is 6.29. The SMILES string of the molecule is COc1ccc(C(=O)/C(C(=O)OC(=O)CC(C)=O)=C(\Cc2ccccc2)c2ccccc2)cc1. The monoisotopic (exact) mass is 456 g/mol. The highest BCUT2D eigenvalue weighted by Gasteiger charge is 2.29. The smallest absolute Gasteiger partial charge is 0.350 e. The predicted octanol–water partition coefficient (Wildman–Crippen LogP) is 4.62. The van der Waals surface area contributed by atoms with Gasteiger partial charge in [-0.25, -0.2) is 4.79 Å². The lowest BCUT2D eigenvalue weighted by Gasteiger charge is -2.15. The zero-order valence-corrected chi connectivity index (χ0v) is 18.9. The molecule has 0 amide bonds. The quantitative estimate of drug-likeness (QED) is 0.153. The molecule has 0 heterocycles. The van der Waals surface area contributed by atoms with Crippen molar-refractivity contribution in [3.8, 4) is 5.75 Å². The van der Waals surface area contributed by atoms with E-state index in [9.17, 15) is 19.2 Å². The number of benzene rings is 3. The Morgan fingerprint density at radius 3 is 1.88 bits per heavy atom. The molecule has 34 heavy (non-hydrogen) atoms. The van der Waals surface area contributed by atoms with Gasteiger partial charge in [0.15, 0.2) is 0 Å². The van der Waals surface area contributed by atoms with Crippen molar-refractivity contribution in [3.05, 3.63) is 107 Å². The van der Waals surface area contributed by atoms with Crippen LogP contribution in [0.1, 0.15) is 34.8 Å². The molecule has 0 bridgehead atoms. The molecule has 0 fully saturated rings. The van der Waals surface area contributed by atoms with Crippen molar-refractivity contribution in [2.75, 3.05) is 7.11 Å². The molecule has 3 aromatic rings. The van der Waals surface area contributed by atoms with E-state index in [0.29, 0.717) is 16.9 Å². The molecule has 0 N–H and O–H groups in total. The second-order valence-corrected chi connectivity index (χ2v) is 7.58. The lowest BCUT2D eigenvalue weighted by atomic mass is 9.89. The molecule has 0 unspecified atom stereocenters. The Labute approximate surface area is 197 Å². The van der Waals surface area contributed by atoms with Crippen LogP contribution in [-0.2, 0) is 25.5 Å². The van der Waals surface area contributed by atoms with E-state index in [0.717, 1.165) is 5.56 Å². The molecule has 0 saturated carbocycles. The summed E-state index contributed by atoms with van der Waals surface area (Å²) in [6.07, 6.45) is -0.312. The van der Waals surface area contributed by atoms with Crippen molar-refractivity contribution < 1.29 is 28.7 Å². The van der Waals surface area contributed by atoms with Crippen molar-refractivity contribution in [3.63, 3.8) is 0 Å². The molecule has 6 nitrogen and oxygen atoms in total. The Morgan fingerprint density at radius 1 is 0.735 bits per heavy atom. The first-order valence-corrected chi connectivity index (χ1v) is 10.6. The first-order chi connectivity index (χ1) is 16.4. The highest BCUT2D eigenvalue weighted by Crippen LogP contribution is 2.28. The number of esters is 2. The summed E-state index contributed by atoms with van der Waals surface area (Å²) in [5, 5.41) is 0. The third-order valence-corrected chi connectivity index (χ3v) is 5.03. The summed E-state index contributed by atoms with van der Waals surface area (Å²) >= 11 is 0. The Bertz CT molecular complexity index is 1210. The second kappa shape index (κ2) is 11.5. The summed E-state index contributed by atoms with van der Waals surface area (Å²) < 4.78 is 10.1. The van der Waals surface area contributed by atoms with Gasteiger partial charge in [0.1, 0.15) is 23.5 Å². The van der Waals surface area contributed by atoms with Gasteiger partial charge in [-0.3, -0.25) is 14.4 Å². The van der Waals surface area contributed by atoms with Gasteiger partial charge in [0, 0.05) is 5.56 Å².